The van der Waals surface area contributed by atoms with E-state index in [-0.39, 0.29) is 18.6 Å². The summed E-state index contributed by atoms with van der Waals surface area (Å²) >= 11 is 0. The summed E-state index contributed by atoms with van der Waals surface area (Å²) in [5, 5.41) is 0. The van der Waals surface area contributed by atoms with Gasteiger partial charge in [0.15, 0.2) is 0 Å². The summed E-state index contributed by atoms with van der Waals surface area (Å²) in [4.78, 5) is 25.1. The number of rotatable bonds is 7. The van der Waals surface area contributed by atoms with Gasteiger partial charge in [-0.05, 0) is 12.0 Å². The van der Waals surface area contributed by atoms with E-state index in [0.29, 0.717) is 19.6 Å². The average Bonchev–Trinajstić information content (AvgIpc) is 2.97. The molecule has 120 valence electrons. The lowest BCUT2D eigenvalue weighted by Crippen LogP contribution is -2.45. The average molecular weight is 306 g/mol. The van der Waals surface area contributed by atoms with Crippen LogP contribution in [0.4, 0.5) is 0 Å². The van der Waals surface area contributed by atoms with Crippen LogP contribution in [0.15, 0.2) is 30.3 Å². The van der Waals surface area contributed by atoms with E-state index in [9.17, 15) is 9.59 Å². The number of primary amides is 1. The standard InChI is InChI=1S/C16H22N2O4/c1-21-13-9-14(16(17)20)18(10-13)15(19)11-22-8-7-12-5-3-2-4-6-12/h2-6,13-14H,7-11H2,1H3,(H2,17,20)/t13-,14-/m0/s1. The van der Waals surface area contributed by atoms with E-state index in [0.717, 1.165) is 12.0 Å². The van der Waals surface area contributed by atoms with Crippen molar-refractivity contribution in [2.24, 2.45) is 5.73 Å². The van der Waals surface area contributed by atoms with Crippen molar-refractivity contribution in [2.75, 3.05) is 26.9 Å². The molecule has 0 saturated carbocycles. The first-order valence-corrected chi connectivity index (χ1v) is 7.35. The van der Waals surface area contributed by atoms with E-state index in [1.807, 2.05) is 30.3 Å². The number of carbonyl (C=O) groups excluding carboxylic acids is 2. The maximum Gasteiger partial charge on any atom is 0.249 e. The Morgan fingerprint density at radius 2 is 2.05 bits per heavy atom. The maximum absolute atomic E-state index is 12.2. The Labute approximate surface area is 130 Å². The molecule has 0 spiro atoms. The highest BCUT2D eigenvalue weighted by atomic mass is 16.5. The number of amides is 2. The van der Waals surface area contributed by atoms with Gasteiger partial charge in [0.05, 0.1) is 12.7 Å². The van der Waals surface area contributed by atoms with Gasteiger partial charge in [-0.3, -0.25) is 9.59 Å². The van der Waals surface area contributed by atoms with Crippen LogP contribution in [0.1, 0.15) is 12.0 Å². The molecule has 0 unspecified atom stereocenters. The minimum absolute atomic E-state index is 0.0486. The van der Waals surface area contributed by atoms with Gasteiger partial charge < -0.3 is 20.1 Å². The molecule has 6 nitrogen and oxygen atoms in total. The molecule has 1 heterocycles. The molecule has 0 aromatic heterocycles. The van der Waals surface area contributed by atoms with Gasteiger partial charge in [0.2, 0.25) is 11.8 Å². The molecule has 0 aliphatic carbocycles. The Kier molecular flexibility index (Phi) is 5.91. The van der Waals surface area contributed by atoms with E-state index in [1.54, 1.807) is 7.11 Å². The highest BCUT2D eigenvalue weighted by molar-refractivity contribution is 5.87. The van der Waals surface area contributed by atoms with Crippen LogP contribution in [0.5, 0.6) is 0 Å². The van der Waals surface area contributed by atoms with Gasteiger partial charge in [0, 0.05) is 20.1 Å². The molecule has 1 aromatic carbocycles. The molecule has 2 N–H and O–H groups in total. The molecule has 1 aliphatic rings. The SMILES string of the molecule is CO[C@H]1C[C@@H](C(N)=O)N(C(=O)COCCc2ccccc2)C1. The zero-order chi connectivity index (χ0) is 15.9. The van der Waals surface area contributed by atoms with Crippen molar-refractivity contribution in [3.8, 4) is 0 Å². The summed E-state index contributed by atoms with van der Waals surface area (Å²) in [6.07, 6.45) is 1.04. The van der Waals surface area contributed by atoms with Gasteiger partial charge in [-0.2, -0.15) is 0 Å². The highest BCUT2D eigenvalue weighted by Gasteiger charge is 2.38. The smallest absolute Gasteiger partial charge is 0.249 e. The van der Waals surface area contributed by atoms with Crippen molar-refractivity contribution < 1.29 is 19.1 Å². The predicted octanol–water partition coefficient (Wildman–Crippen LogP) is 0.347. The van der Waals surface area contributed by atoms with Crippen molar-refractivity contribution in [3.05, 3.63) is 35.9 Å². The minimum atomic E-state index is -0.602. The van der Waals surface area contributed by atoms with Crippen LogP contribution < -0.4 is 5.73 Å². The molecule has 0 bridgehead atoms. The number of hydrogen-bond donors (Lipinski definition) is 1. The lowest BCUT2D eigenvalue weighted by molar-refractivity contribution is -0.141. The molecule has 1 saturated heterocycles. The van der Waals surface area contributed by atoms with Crippen LogP contribution in [0.2, 0.25) is 0 Å². The second kappa shape index (κ2) is 7.91. The summed E-state index contributed by atoms with van der Waals surface area (Å²) in [5.74, 6) is -0.728. The van der Waals surface area contributed by atoms with Crippen LogP contribution in [0.3, 0.4) is 0 Å². The molecular formula is C16H22N2O4. The van der Waals surface area contributed by atoms with Crippen LogP contribution in [0, 0.1) is 0 Å². The number of ether oxygens (including phenoxy) is 2. The zero-order valence-electron chi connectivity index (χ0n) is 12.7. The first-order chi connectivity index (χ1) is 10.6. The Bertz CT molecular complexity index is 506. The third-order valence-electron chi connectivity index (χ3n) is 3.85. The predicted molar refractivity (Wildman–Crippen MR) is 81.1 cm³/mol. The molecule has 2 atom stereocenters. The Morgan fingerprint density at radius 1 is 1.32 bits per heavy atom. The van der Waals surface area contributed by atoms with Crippen molar-refractivity contribution in [2.45, 2.75) is 25.0 Å². The first kappa shape index (κ1) is 16.5. The second-order valence-corrected chi connectivity index (χ2v) is 5.35. The minimum Gasteiger partial charge on any atom is -0.380 e. The van der Waals surface area contributed by atoms with Crippen molar-refractivity contribution >= 4 is 11.8 Å². The Balaban J connectivity index is 1.77. The van der Waals surface area contributed by atoms with E-state index in [4.69, 9.17) is 15.2 Å². The van der Waals surface area contributed by atoms with Gasteiger partial charge >= 0.3 is 0 Å². The second-order valence-electron chi connectivity index (χ2n) is 5.35. The maximum atomic E-state index is 12.2. The molecule has 1 aliphatic heterocycles. The third kappa shape index (κ3) is 4.29. The van der Waals surface area contributed by atoms with E-state index in [2.05, 4.69) is 0 Å². The molecule has 1 aromatic rings. The molecular weight excluding hydrogens is 284 g/mol. The van der Waals surface area contributed by atoms with Crippen LogP contribution >= 0.6 is 0 Å². The van der Waals surface area contributed by atoms with Gasteiger partial charge in [0.25, 0.3) is 0 Å². The van der Waals surface area contributed by atoms with Gasteiger partial charge in [-0.25, -0.2) is 0 Å². The largest absolute Gasteiger partial charge is 0.380 e. The monoisotopic (exact) mass is 306 g/mol. The molecule has 2 rings (SSSR count). The van der Waals surface area contributed by atoms with Crippen LogP contribution in [-0.4, -0.2) is 55.7 Å². The topological polar surface area (TPSA) is 81.9 Å². The third-order valence-corrected chi connectivity index (χ3v) is 3.85. The van der Waals surface area contributed by atoms with Crippen molar-refractivity contribution in [1.82, 2.24) is 4.90 Å². The van der Waals surface area contributed by atoms with Crippen LogP contribution in [-0.2, 0) is 25.5 Å². The molecule has 22 heavy (non-hydrogen) atoms. The number of methoxy groups -OCH3 is 1. The molecule has 6 heteroatoms. The summed E-state index contributed by atoms with van der Waals surface area (Å²) in [5.41, 5.74) is 6.50. The number of hydrogen-bond acceptors (Lipinski definition) is 4. The zero-order valence-corrected chi connectivity index (χ0v) is 12.7. The molecule has 2 amide bonds. The lowest BCUT2D eigenvalue weighted by Gasteiger charge is -2.21. The number of benzene rings is 1. The Hall–Kier alpha value is -1.92. The fraction of sp³-hybridized carbons (Fsp3) is 0.500. The quantitative estimate of drug-likeness (QED) is 0.737. The highest BCUT2D eigenvalue weighted by Crippen LogP contribution is 2.20. The molecule has 0 radical (unpaired) electrons. The van der Waals surface area contributed by atoms with Crippen molar-refractivity contribution in [3.63, 3.8) is 0 Å². The number of likely N-dealkylation sites (tertiary alicyclic amines) is 1. The first-order valence-electron chi connectivity index (χ1n) is 7.35. The Morgan fingerprint density at radius 3 is 2.68 bits per heavy atom. The van der Waals surface area contributed by atoms with Gasteiger partial charge in [0.1, 0.15) is 12.6 Å². The normalized spacial score (nSPS) is 21.0. The lowest BCUT2D eigenvalue weighted by atomic mass is 10.2. The number of carbonyl (C=O) groups is 2. The fourth-order valence-corrected chi connectivity index (χ4v) is 2.59. The summed E-state index contributed by atoms with van der Waals surface area (Å²) in [6.45, 7) is 0.788. The van der Waals surface area contributed by atoms with Crippen LogP contribution in [0.25, 0.3) is 0 Å². The summed E-state index contributed by atoms with van der Waals surface area (Å²) in [7, 11) is 1.56. The number of nitrogens with two attached hydrogens (primary N) is 1. The van der Waals surface area contributed by atoms with E-state index < -0.39 is 11.9 Å². The fourth-order valence-electron chi connectivity index (χ4n) is 2.59. The number of nitrogens with zero attached hydrogens (tertiary/aromatic N) is 1. The van der Waals surface area contributed by atoms with E-state index >= 15 is 0 Å². The van der Waals surface area contributed by atoms with Gasteiger partial charge in [-0.15, -0.1) is 0 Å². The summed E-state index contributed by atoms with van der Waals surface area (Å²) in [6, 6.07) is 9.31. The van der Waals surface area contributed by atoms with Gasteiger partial charge in [-0.1, -0.05) is 30.3 Å². The van der Waals surface area contributed by atoms with Crippen molar-refractivity contribution in [1.29, 1.82) is 0 Å². The molecule has 1 fully saturated rings. The summed E-state index contributed by atoms with van der Waals surface area (Å²) < 4.78 is 10.6. The van der Waals surface area contributed by atoms with E-state index in [1.165, 1.54) is 4.90 Å².